The number of likely N-dealkylation sites (tertiary alicyclic amines) is 1. The van der Waals surface area contributed by atoms with E-state index in [9.17, 15) is 4.79 Å². The predicted molar refractivity (Wildman–Crippen MR) is 140 cm³/mol. The number of hydrogen-bond donors (Lipinski definition) is 1. The summed E-state index contributed by atoms with van der Waals surface area (Å²) in [5.41, 5.74) is 3.16. The topological polar surface area (TPSA) is 48.5 Å². The second-order valence-corrected chi connectivity index (χ2v) is 11.2. The number of carbonyl (C=O) groups excluding carboxylic acids is 1. The third-order valence-electron chi connectivity index (χ3n) is 8.01. The van der Waals surface area contributed by atoms with E-state index in [1.165, 1.54) is 60.5 Å². The molecule has 0 spiro atoms. The quantitative estimate of drug-likeness (QED) is 0.510. The largest absolute Gasteiger partial charge is 0.371 e. The van der Waals surface area contributed by atoms with Crippen LogP contribution in [0.2, 0.25) is 0 Å². The molecule has 3 aliphatic rings. The van der Waals surface area contributed by atoms with Gasteiger partial charge in [0.2, 0.25) is 0 Å². The summed E-state index contributed by atoms with van der Waals surface area (Å²) >= 11 is 1.88. The fourth-order valence-electron chi connectivity index (χ4n) is 6.14. The molecule has 0 unspecified atom stereocenters. The molecule has 34 heavy (non-hydrogen) atoms. The van der Waals surface area contributed by atoms with Crippen molar-refractivity contribution in [2.75, 3.05) is 24.5 Å². The van der Waals surface area contributed by atoms with Crippen molar-refractivity contribution in [2.45, 2.75) is 69.5 Å². The molecule has 5 nitrogen and oxygen atoms in total. The van der Waals surface area contributed by atoms with Crippen molar-refractivity contribution in [3.8, 4) is 0 Å². The number of fused-ring (bicyclic) bond motifs is 1. The van der Waals surface area contributed by atoms with Crippen molar-refractivity contribution >= 4 is 33.1 Å². The highest BCUT2D eigenvalue weighted by atomic mass is 32.1. The van der Waals surface area contributed by atoms with Gasteiger partial charge in [0.25, 0.3) is 5.91 Å². The summed E-state index contributed by atoms with van der Waals surface area (Å²) in [4.78, 5) is 22.8. The molecule has 178 valence electrons. The Hall–Kier alpha value is -2.44. The molecule has 0 bridgehead atoms. The van der Waals surface area contributed by atoms with E-state index in [1.807, 2.05) is 23.5 Å². The van der Waals surface area contributed by atoms with Crippen LogP contribution in [0.4, 0.5) is 5.69 Å². The number of piperidine rings is 1. The highest BCUT2D eigenvalue weighted by molar-refractivity contribution is 7.18. The zero-order chi connectivity index (χ0) is 22.9. The Morgan fingerprint density at radius 1 is 0.882 bits per heavy atom. The average molecular weight is 475 g/mol. The first-order valence-electron chi connectivity index (χ1n) is 13.0. The van der Waals surface area contributed by atoms with Crippen LogP contribution in [-0.4, -0.2) is 47.5 Å². The monoisotopic (exact) mass is 474 g/mol. The van der Waals surface area contributed by atoms with Gasteiger partial charge >= 0.3 is 0 Å². The van der Waals surface area contributed by atoms with Gasteiger partial charge in [-0.1, -0.05) is 25.0 Å². The lowest BCUT2D eigenvalue weighted by Gasteiger charge is -2.39. The molecule has 1 aromatic heterocycles. The number of rotatable bonds is 5. The fourth-order valence-corrected chi connectivity index (χ4v) is 7.27. The maximum atomic E-state index is 12.5. The van der Waals surface area contributed by atoms with Crippen molar-refractivity contribution in [3.63, 3.8) is 0 Å². The number of anilines is 1. The van der Waals surface area contributed by atoms with Gasteiger partial charge in [-0.05, 0) is 81.5 Å². The number of aromatic nitrogens is 1. The lowest BCUT2D eigenvalue weighted by molar-refractivity contribution is 0.0938. The molecule has 6 heteroatoms. The Kier molecular flexibility index (Phi) is 6.27. The second-order valence-electron chi connectivity index (χ2n) is 10.1. The van der Waals surface area contributed by atoms with E-state index in [-0.39, 0.29) is 5.91 Å². The molecular formula is C28H34N4OS. The molecule has 3 fully saturated rings. The zero-order valence-electron chi connectivity index (χ0n) is 19.8. The van der Waals surface area contributed by atoms with Gasteiger partial charge in [0.1, 0.15) is 5.01 Å². The Bertz CT molecular complexity index is 1100. The highest BCUT2D eigenvalue weighted by Gasteiger charge is 2.35. The van der Waals surface area contributed by atoms with Crippen molar-refractivity contribution in [1.29, 1.82) is 0 Å². The van der Waals surface area contributed by atoms with E-state index < -0.39 is 0 Å². The number of thiazole rings is 1. The van der Waals surface area contributed by atoms with E-state index in [0.29, 0.717) is 18.1 Å². The van der Waals surface area contributed by atoms with Gasteiger partial charge in [-0.3, -0.25) is 9.69 Å². The number of nitrogens with one attached hydrogen (secondary N) is 1. The van der Waals surface area contributed by atoms with E-state index >= 15 is 0 Å². The van der Waals surface area contributed by atoms with Gasteiger partial charge in [0.15, 0.2) is 0 Å². The molecule has 0 radical (unpaired) electrons. The first kappa shape index (κ1) is 22.1. The molecule has 1 atom stereocenters. The van der Waals surface area contributed by atoms with Crippen molar-refractivity contribution < 1.29 is 4.79 Å². The maximum Gasteiger partial charge on any atom is 0.251 e. The maximum absolute atomic E-state index is 12.5. The minimum atomic E-state index is 0.0760. The molecule has 2 aromatic carbocycles. The Morgan fingerprint density at radius 3 is 2.41 bits per heavy atom. The molecule has 1 saturated carbocycles. The smallest absolute Gasteiger partial charge is 0.251 e. The van der Waals surface area contributed by atoms with Gasteiger partial charge in [0, 0.05) is 36.4 Å². The van der Waals surface area contributed by atoms with Gasteiger partial charge in [-0.15, -0.1) is 11.3 Å². The third-order valence-corrected chi connectivity index (χ3v) is 9.15. The number of nitrogens with zero attached hydrogens (tertiary/aromatic N) is 3. The molecule has 1 N–H and O–H groups in total. The highest BCUT2D eigenvalue weighted by Crippen LogP contribution is 2.39. The van der Waals surface area contributed by atoms with Crippen LogP contribution >= 0.6 is 11.3 Å². The van der Waals surface area contributed by atoms with E-state index in [2.05, 4.69) is 51.5 Å². The predicted octanol–water partition coefficient (Wildman–Crippen LogP) is 5.77. The molecule has 3 heterocycles. The standard InChI is InChI=1S/C28H34N4OS/c33-27(29-21-6-1-2-7-21)20-11-13-22(14-12-20)31-18-15-23(16-19-31)32-17-5-9-25(32)28-30-24-8-3-4-10-26(24)34-28/h3-4,8,10-14,21,23,25H,1-2,5-7,9,15-19H2,(H,29,33)/t25-/m1/s1. The van der Waals surface area contributed by atoms with E-state index in [1.54, 1.807) is 0 Å². The SMILES string of the molecule is O=C(NC1CCCC1)c1ccc(N2CCC(N3CCC[C@@H]3c3nc4ccccc4s3)CC2)cc1. The third kappa shape index (κ3) is 4.46. The summed E-state index contributed by atoms with van der Waals surface area (Å²) in [6, 6.07) is 18.2. The van der Waals surface area contributed by atoms with Gasteiger partial charge < -0.3 is 10.2 Å². The summed E-state index contributed by atoms with van der Waals surface area (Å²) in [6.45, 7) is 3.33. The van der Waals surface area contributed by atoms with Crippen LogP contribution in [0.5, 0.6) is 0 Å². The first-order valence-corrected chi connectivity index (χ1v) is 13.8. The molecule has 3 aromatic rings. The molecule has 1 amide bonds. The van der Waals surface area contributed by atoms with Gasteiger partial charge in [-0.2, -0.15) is 0 Å². The minimum Gasteiger partial charge on any atom is -0.371 e. The number of benzene rings is 2. The van der Waals surface area contributed by atoms with Crippen LogP contribution in [0.15, 0.2) is 48.5 Å². The number of hydrogen-bond acceptors (Lipinski definition) is 5. The van der Waals surface area contributed by atoms with Crippen LogP contribution in [-0.2, 0) is 0 Å². The van der Waals surface area contributed by atoms with E-state index in [4.69, 9.17) is 4.98 Å². The molecular weight excluding hydrogens is 440 g/mol. The minimum absolute atomic E-state index is 0.0760. The summed E-state index contributed by atoms with van der Waals surface area (Å²) in [5, 5.41) is 4.49. The Balaban J connectivity index is 1.07. The lowest BCUT2D eigenvalue weighted by Crippen LogP contribution is -2.44. The van der Waals surface area contributed by atoms with E-state index in [0.717, 1.165) is 37.0 Å². The van der Waals surface area contributed by atoms with Crippen LogP contribution in [0.1, 0.15) is 72.8 Å². The molecule has 2 aliphatic heterocycles. The lowest BCUT2D eigenvalue weighted by atomic mass is 10.0. The number of amides is 1. The van der Waals surface area contributed by atoms with Crippen molar-refractivity contribution in [2.24, 2.45) is 0 Å². The molecule has 6 rings (SSSR count). The fraction of sp³-hybridized carbons (Fsp3) is 0.500. The normalized spacial score (nSPS) is 22.6. The van der Waals surface area contributed by atoms with Gasteiger partial charge in [-0.25, -0.2) is 4.98 Å². The van der Waals surface area contributed by atoms with Crippen LogP contribution in [0.3, 0.4) is 0 Å². The summed E-state index contributed by atoms with van der Waals surface area (Å²) in [7, 11) is 0. The van der Waals surface area contributed by atoms with Crippen LogP contribution < -0.4 is 10.2 Å². The molecule has 1 aliphatic carbocycles. The Labute approximate surface area is 206 Å². The van der Waals surface area contributed by atoms with Crippen LogP contribution in [0.25, 0.3) is 10.2 Å². The average Bonchev–Trinajstić information content (AvgIpc) is 3.64. The summed E-state index contributed by atoms with van der Waals surface area (Å²) in [5.74, 6) is 0.0760. The van der Waals surface area contributed by atoms with Crippen molar-refractivity contribution in [1.82, 2.24) is 15.2 Å². The second kappa shape index (κ2) is 9.67. The van der Waals surface area contributed by atoms with Gasteiger partial charge in [0.05, 0.1) is 16.3 Å². The Morgan fingerprint density at radius 2 is 1.65 bits per heavy atom. The van der Waals surface area contributed by atoms with Crippen LogP contribution in [0, 0.1) is 0 Å². The zero-order valence-corrected chi connectivity index (χ0v) is 20.6. The number of para-hydroxylation sites is 1. The molecule has 2 saturated heterocycles. The first-order chi connectivity index (χ1) is 16.7. The number of carbonyl (C=O) groups is 1. The summed E-state index contributed by atoms with van der Waals surface area (Å²) < 4.78 is 1.31. The summed E-state index contributed by atoms with van der Waals surface area (Å²) in [6.07, 6.45) is 9.58. The van der Waals surface area contributed by atoms with Crippen molar-refractivity contribution in [3.05, 3.63) is 59.1 Å².